The molecule has 0 amide bonds. The van der Waals surface area contributed by atoms with Crippen molar-refractivity contribution in [2.45, 2.75) is 17.7 Å². The summed E-state index contributed by atoms with van der Waals surface area (Å²) < 4.78 is 14.3. The molecular weight excluding hydrogens is 339 g/mol. The van der Waals surface area contributed by atoms with Crippen LogP contribution in [0.25, 0.3) is 0 Å². The number of halogens is 3. The summed E-state index contributed by atoms with van der Waals surface area (Å²) >= 11 is 6.76. The van der Waals surface area contributed by atoms with E-state index in [9.17, 15) is 4.39 Å². The first-order chi connectivity index (χ1) is 7.56. The lowest BCUT2D eigenvalue weighted by Gasteiger charge is -2.34. The second-order valence-corrected chi connectivity index (χ2v) is 6.48. The molecule has 0 radical (unpaired) electrons. The van der Waals surface area contributed by atoms with Crippen LogP contribution < -0.4 is 4.90 Å². The van der Waals surface area contributed by atoms with E-state index in [1.165, 1.54) is 18.9 Å². The van der Waals surface area contributed by atoms with Gasteiger partial charge in [0.1, 0.15) is 0 Å². The molecule has 0 aromatic carbocycles. The summed E-state index contributed by atoms with van der Waals surface area (Å²) in [6, 6.07) is 1.45. The molecule has 1 aromatic heterocycles. The van der Waals surface area contributed by atoms with Crippen LogP contribution in [0.3, 0.4) is 0 Å². The van der Waals surface area contributed by atoms with E-state index in [-0.39, 0.29) is 5.82 Å². The third-order valence-electron chi connectivity index (χ3n) is 2.86. The number of pyridine rings is 1. The average molecular weight is 352 g/mol. The van der Waals surface area contributed by atoms with Crippen LogP contribution in [0.1, 0.15) is 12.8 Å². The van der Waals surface area contributed by atoms with E-state index < -0.39 is 0 Å². The van der Waals surface area contributed by atoms with Crippen molar-refractivity contribution in [3.63, 3.8) is 0 Å². The number of anilines is 1. The van der Waals surface area contributed by atoms with Crippen LogP contribution in [0.2, 0.25) is 0 Å². The van der Waals surface area contributed by atoms with E-state index in [1.807, 2.05) is 11.9 Å². The number of hydrogen-bond acceptors (Lipinski definition) is 2. The number of hydrogen-bond donors (Lipinski definition) is 0. The molecule has 5 heteroatoms. The summed E-state index contributed by atoms with van der Waals surface area (Å²) in [5.41, 5.74) is 0. The number of aromatic nitrogens is 1. The van der Waals surface area contributed by atoms with E-state index in [1.54, 1.807) is 6.20 Å². The molecule has 0 bridgehead atoms. The molecule has 0 N–H and O–H groups in total. The fourth-order valence-corrected chi connectivity index (χ4v) is 3.33. The zero-order valence-corrected chi connectivity index (χ0v) is 12.1. The Hall–Kier alpha value is -0.160. The quantitative estimate of drug-likeness (QED) is 0.773. The smallest absolute Gasteiger partial charge is 0.166 e. The van der Waals surface area contributed by atoms with E-state index in [2.05, 4.69) is 36.8 Å². The molecule has 0 saturated heterocycles. The normalized spacial score (nSPS) is 24.0. The van der Waals surface area contributed by atoms with Crippen LogP contribution >= 0.6 is 31.9 Å². The van der Waals surface area contributed by atoms with Gasteiger partial charge in [-0.15, -0.1) is 0 Å². The SMILES string of the molecule is CN(CC1CC(Br)C1)c1ncc(Br)cc1F. The van der Waals surface area contributed by atoms with Gasteiger partial charge in [0.05, 0.1) is 0 Å². The predicted molar refractivity (Wildman–Crippen MR) is 70.6 cm³/mol. The number of rotatable bonds is 3. The van der Waals surface area contributed by atoms with Crippen molar-refractivity contribution in [1.82, 2.24) is 4.98 Å². The van der Waals surface area contributed by atoms with Gasteiger partial charge in [-0.1, -0.05) is 15.9 Å². The van der Waals surface area contributed by atoms with E-state index in [0.29, 0.717) is 21.0 Å². The zero-order valence-electron chi connectivity index (χ0n) is 8.96. The summed E-state index contributed by atoms with van der Waals surface area (Å²) in [6.07, 6.45) is 3.97. The molecule has 88 valence electrons. The first kappa shape index (κ1) is 12.3. The lowest BCUT2D eigenvalue weighted by atomic mass is 9.85. The van der Waals surface area contributed by atoms with Crippen molar-refractivity contribution in [3.8, 4) is 0 Å². The molecule has 1 aliphatic rings. The Morgan fingerprint density at radius 2 is 2.25 bits per heavy atom. The van der Waals surface area contributed by atoms with Gasteiger partial charge in [-0.2, -0.15) is 0 Å². The Morgan fingerprint density at radius 1 is 1.56 bits per heavy atom. The average Bonchev–Trinajstić information content (AvgIpc) is 2.15. The molecule has 1 heterocycles. The van der Waals surface area contributed by atoms with E-state index >= 15 is 0 Å². The van der Waals surface area contributed by atoms with E-state index in [4.69, 9.17) is 0 Å². The van der Waals surface area contributed by atoms with Crippen molar-refractivity contribution in [1.29, 1.82) is 0 Å². The van der Waals surface area contributed by atoms with Crippen LogP contribution in [0.4, 0.5) is 10.2 Å². The Labute approximate surface area is 111 Å². The molecule has 0 unspecified atom stereocenters. The van der Waals surface area contributed by atoms with Crippen LogP contribution in [0.5, 0.6) is 0 Å². The summed E-state index contributed by atoms with van der Waals surface area (Å²) in [5, 5.41) is 0. The fraction of sp³-hybridized carbons (Fsp3) is 0.545. The van der Waals surface area contributed by atoms with Crippen LogP contribution in [-0.4, -0.2) is 23.4 Å². The highest BCUT2D eigenvalue weighted by Gasteiger charge is 2.28. The second-order valence-electron chi connectivity index (χ2n) is 4.27. The van der Waals surface area contributed by atoms with Gasteiger partial charge in [0.2, 0.25) is 0 Å². The molecule has 1 aromatic rings. The first-order valence-electron chi connectivity index (χ1n) is 5.22. The van der Waals surface area contributed by atoms with Crippen molar-refractivity contribution < 1.29 is 4.39 Å². The Morgan fingerprint density at radius 3 is 2.81 bits per heavy atom. The van der Waals surface area contributed by atoms with Crippen molar-refractivity contribution in [2.75, 3.05) is 18.5 Å². The molecule has 0 atom stereocenters. The molecule has 2 nitrogen and oxygen atoms in total. The fourth-order valence-electron chi connectivity index (χ4n) is 1.97. The topological polar surface area (TPSA) is 16.1 Å². The highest BCUT2D eigenvalue weighted by molar-refractivity contribution is 9.10. The van der Waals surface area contributed by atoms with Crippen molar-refractivity contribution >= 4 is 37.7 Å². The molecule has 1 aliphatic carbocycles. The van der Waals surface area contributed by atoms with Gasteiger partial charge in [-0.25, -0.2) is 9.37 Å². The van der Waals surface area contributed by atoms with Crippen molar-refractivity contribution in [2.24, 2.45) is 5.92 Å². The van der Waals surface area contributed by atoms with Gasteiger partial charge in [0, 0.05) is 29.1 Å². The van der Waals surface area contributed by atoms with Crippen LogP contribution in [0.15, 0.2) is 16.7 Å². The lowest BCUT2D eigenvalue weighted by molar-refractivity contribution is 0.337. The maximum Gasteiger partial charge on any atom is 0.166 e. The molecule has 2 rings (SSSR count). The molecule has 1 fully saturated rings. The largest absolute Gasteiger partial charge is 0.357 e. The van der Waals surface area contributed by atoms with Gasteiger partial charge in [0.25, 0.3) is 0 Å². The number of nitrogens with zero attached hydrogens (tertiary/aromatic N) is 2. The minimum atomic E-state index is -0.272. The molecular formula is C11H13Br2FN2. The third kappa shape index (κ3) is 2.74. The summed E-state index contributed by atoms with van der Waals surface area (Å²) in [4.78, 5) is 6.64. The monoisotopic (exact) mass is 350 g/mol. The summed E-state index contributed by atoms with van der Waals surface area (Å²) in [5.74, 6) is 0.812. The molecule has 1 saturated carbocycles. The van der Waals surface area contributed by atoms with Gasteiger partial charge in [0.15, 0.2) is 11.6 Å². The van der Waals surface area contributed by atoms with Gasteiger partial charge >= 0.3 is 0 Å². The summed E-state index contributed by atoms with van der Waals surface area (Å²) in [7, 11) is 1.89. The van der Waals surface area contributed by atoms with Crippen molar-refractivity contribution in [3.05, 3.63) is 22.6 Å². The highest BCUT2D eigenvalue weighted by atomic mass is 79.9. The second kappa shape index (κ2) is 5.00. The Bertz CT molecular complexity index is 380. The number of alkyl halides is 1. The molecule has 0 aliphatic heterocycles. The third-order valence-corrected chi connectivity index (χ3v) is 4.04. The standard InChI is InChI=1S/C11H13Br2FN2/c1-16(6-7-2-8(12)3-7)11-10(14)4-9(13)5-15-11/h4-5,7-8H,2-3,6H2,1H3. The Kier molecular flexibility index (Phi) is 3.85. The zero-order chi connectivity index (χ0) is 11.7. The Balaban J connectivity index is 2.00. The van der Waals surface area contributed by atoms with Crippen LogP contribution in [0, 0.1) is 11.7 Å². The predicted octanol–water partition coefficient (Wildman–Crippen LogP) is 3.59. The van der Waals surface area contributed by atoms with E-state index in [0.717, 1.165) is 6.54 Å². The minimum Gasteiger partial charge on any atom is -0.357 e. The summed E-state index contributed by atoms with van der Waals surface area (Å²) in [6.45, 7) is 0.869. The highest BCUT2D eigenvalue weighted by Crippen LogP contribution is 2.34. The minimum absolute atomic E-state index is 0.272. The van der Waals surface area contributed by atoms with Gasteiger partial charge in [-0.05, 0) is 40.8 Å². The molecule has 16 heavy (non-hydrogen) atoms. The van der Waals surface area contributed by atoms with Crippen LogP contribution in [-0.2, 0) is 0 Å². The lowest BCUT2D eigenvalue weighted by Crippen LogP contribution is -2.35. The maximum atomic E-state index is 13.6. The van der Waals surface area contributed by atoms with Gasteiger partial charge < -0.3 is 4.90 Å². The first-order valence-corrected chi connectivity index (χ1v) is 6.93. The van der Waals surface area contributed by atoms with Gasteiger partial charge in [-0.3, -0.25) is 0 Å². The maximum absolute atomic E-state index is 13.6. The molecule has 0 spiro atoms.